The SMILES string of the molecule is COC(C)(CCCCCOCCc1ccc([N+](=O)[O-])cc1)OC. The fourth-order valence-corrected chi connectivity index (χ4v) is 2.19. The van der Waals surface area contributed by atoms with Crippen molar-refractivity contribution in [3.8, 4) is 0 Å². The maximum Gasteiger partial charge on any atom is 0.269 e. The summed E-state index contributed by atoms with van der Waals surface area (Å²) in [6.45, 7) is 3.29. The van der Waals surface area contributed by atoms with Gasteiger partial charge in [0.15, 0.2) is 5.79 Å². The molecule has 0 saturated carbocycles. The molecule has 0 fully saturated rings. The first-order valence-electron chi connectivity index (χ1n) is 7.92. The van der Waals surface area contributed by atoms with Gasteiger partial charge in [-0.1, -0.05) is 18.6 Å². The number of nitrogens with zero attached hydrogens (tertiary/aromatic N) is 1. The minimum atomic E-state index is -0.489. The lowest BCUT2D eigenvalue weighted by Crippen LogP contribution is -2.29. The quantitative estimate of drug-likeness (QED) is 0.253. The van der Waals surface area contributed by atoms with Gasteiger partial charge in [0.1, 0.15) is 0 Å². The second-order valence-corrected chi connectivity index (χ2v) is 5.64. The highest BCUT2D eigenvalue weighted by Gasteiger charge is 2.21. The molecule has 0 spiro atoms. The van der Waals surface area contributed by atoms with E-state index in [1.165, 1.54) is 12.1 Å². The van der Waals surface area contributed by atoms with Gasteiger partial charge >= 0.3 is 0 Å². The molecular formula is C17H27NO5. The Labute approximate surface area is 137 Å². The number of benzene rings is 1. The van der Waals surface area contributed by atoms with Gasteiger partial charge in [-0.05, 0) is 31.7 Å². The van der Waals surface area contributed by atoms with Crippen molar-refractivity contribution in [3.63, 3.8) is 0 Å². The number of hydrogen-bond donors (Lipinski definition) is 0. The van der Waals surface area contributed by atoms with Crippen molar-refractivity contribution >= 4 is 5.69 Å². The molecule has 0 unspecified atom stereocenters. The van der Waals surface area contributed by atoms with Crippen LogP contribution in [0.4, 0.5) is 5.69 Å². The van der Waals surface area contributed by atoms with Crippen molar-refractivity contribution in [2.75, 3.05) is 27.4 Å². The zero-order chi connectivity index (χ0) is 17.1. The van der Waals surface area contributed by atoms with Crippen LogP contribution in [0.5, 0.6) is 0 Å². The Balaban J connectivity index is 2.06. The van der Waals surface area contributed by atoms with Gasteiger partial charge < -0.3 is 14.2 Å². The molecule has 1 rings (SSSR count). The zero-order valence-electron chi connectivity index (χ0n) is 14.2. The third-order valence-electron chi connectivity index (χ3n) is 3.97. The molecule has 6 heteroatoms. The highest BCUT2D eigenvalue weighted by molar-refractivity contribution is 5.32. The van der Waals surface area contributed by atoms with Crippen LogP contribution in [0.1, 0.15) is 38.2 Å². The normalized spacial score (nSPS) is 11.6. The number of unbranched alkanes of at least 4 members (excludes halogenated alkanes) is 2. The number of ether oxygens (including phenoxy) is 3. The third-order valence-corrected chi connectivity index (χ3v) is 3.97. The average molecular weight is 325 g/mol. The molecule has 0 aliphatic rings. The second kappa shape index (κ2) is 10.3. The Kier molecular flexibility index (Phi) is 8.76. The van der Waals surface area contributed by atoms with E-state index in [9.17, 15) is 10.1 Å². The van der Waals surface area contributed by atoms with Gasteiger partial charge in [0.25, 0.3) is 5.69 Å². The zero-order valence-corrected chi connectivity index (χ0v) is 14.2. The van der Waals surface area contributed by atoms with Gasteiger partial charge in [-0.3, -0.25) is 10.1 Å². The highest BCUT2D eigenvalue weighted by Crippen LogP contribution is 2.19. The summed E-state index contributed by atoms with van der Waals surface area (Å²) in [4.78, 5) is 10.2. The summed E-state index contributed by atoms with van der Waals surface area (Å²) in [7, 11) is 3.32. The van der Waals surface area contributed by atoms with Gasteiger partial charge in [0.2, 0.25) is 0 Å². The predicted octanol–water partition coefficient (Wildman–Crippen LogP) is 3.72. The molecule has 0 atom stereocenters. The van der Waals surface area contributed by atoms with E-state index in [1.54, 1.807) is 26.4 Å². The van der Waals surface area contributed by atoms with Gasteiger partial charge in [-0.15, -0.1) is 0 Å². The molecule has 0 amide bonds. The van der Waals surface area contributed by atoms with Gasteiger partial charge in [0.05, 0.1) is 11.5 Å². The maximum absolute atomic E-state index is 10.6. The van der Waals surface area contributed by atoms with Crippen LogP contribution in [0.15, 0.2) is 24.3 Å². The standard InChI is InChI=1S/C17H27NO5/c1-17(21-2,22-3)12-5-4-6-13-23-14-11-15-7-9-16(10-8-15)18(19)20/h7-10H,4-6,11-14H2,1-3H3. The minimum Gasteiger partial charge on any atom is -0.381 e. The highest BCUT2D eigenvalue weighted by atomic mass is 16.7. The van der Waals surface area contributed by atoms with Crippen molar-refractivity contribution in [2.45, 2.75) is 44.8 Å². The number of hydrogen-bond acceptors (Lipinski definition) is 5. The largest absolute Gasteiger partial charge is 0.381 e. The summed E-state index contributed by atoms with van der Waals surface area (Å²) >= 11 is 0. The van der Waals surface area contributed by atoms with E-state index in [0.717, 1.165) is 44.3 Å². The van der Waals surface area contributed by atoms with Crippen LogP contribution in [0.3, 0.4) is 0 Å². The van der Waals surface area contributed by atoms with Crippen LogP contribution in [0.25, 0.3) is 0 Å². The number of rotatable bonds is 12. The predicted molar refractivity (Wildman–Crippen MR) is 88.5 cm³/mol. The Morgan fingerprint density at radius 3 is 2.26 bits per heavy atom. The van der Waals surface area contributed by atoms with Crippen molar-refractivity contribution in [2.24, 2.45) is 0 Å². The smallest absolute Gasteiger partial charge is 0.269 e. The first-order valence-corrected chi connectivity index (χ1v) is 7.92. The van der Waals surface area contributed by atoms with Crippen LogP contribution in [0.2, 0.25) is 0 Å². The summed E-state index contributed by atoms with van der Waals surface area (Å²) in [6, 6.07) is 6.60. The summed E-state index contributed by atoms with van der Waals surface area (Å²) < 4.78 is 16.2. The summed E-state index contributed by atoms with van der Waals surface area (Å²) in [6.07, 6.45) is 4.74. The average Bonchev–Trinajstić information content (AvgIpc) is 2.57. The molecule has 0 heterocycles. The number of nitro benzene ring substituents is 1. The van der Waals surface area contributed by atoms with Gasteiger partial charge in [-0.2, -0.15) is 0 Å². The number of non-ortho nitro benzene ring substituents is 1. The summed E-state index contributed by atoms with van der Waals surface area (Å²) in [5.41, 5.74) is 1.17. The van der Waals surface area contributed by atoms with Crippen molar-refractivity contribution in [1.82, 2.24) is 0 Å². The van der Waals surface area contributed by atoms with Crippen molar-refractivity contribution in [3.05, 3.63) is 39.9 Å². The molecule has 0 aromatic heterocycles. The van der Waals surface area contributed by atoms with Crippen LogP contribution in [-0.2, 0) is 20.6 Å². The molecule has 130 valence electrons. The van der Waals surface area contributed by atoms with Gasteiger partial charge in [-0.25, -0.2) is 0 Å². The first-order chi connectivity index (χ1) is 11.0. The molecule has 23 heavy (non-hydrogen) atoms. The lowest BCUT2D eigenvalue weighted by molar-refractivity contribution is -0.384. The molecule has 0 radical (unpaired) electrons. The summed E-state index contributed by atoms with van der Waals surface area (Å²) in [5, 5.41) is 10.6. The molecule has 0 aliphatic carbocycles. The van der Waals surface area contributed by atoms with E-state index in [0.29, 0.717) is 6.61 Å². The monoisotopic (exact) mass is 325 g/mol. The Morgan fingerprint density at radius 2 is 1.70 bits per heavy atom. The van der Waals surface area contributed by atoms with Crippen molar-refractivity contribution < 1.29 is 19.1 Å². The van der Waals surface area contributed by atoms with E-state index in [1.807, 2.05) is 6.92 Å². The fraction of sp³-hybridized carbons (Fsp3) is 0.647. The molecule has 1 aromatic rings. The Morgan fingerprint density at radius 1 is 1.04 bits per heavy atom. The molecule has 0 aliphatic heterocycles. The molecule has 1 aromatic carbocycles. The molecule has 0 N–H and O–H groups in total. The van der Waals surface area contributed by atoms with Crippen molar-refractivity contribution in [1.29, 1.82) is 0 Å². The Hall–Kier alpha value is -1.50. The number of methoxy groups -OCH3 is 2. The molecule has 0 bridgehead atoms. The minimum absolute atomic E-state index is 0.119. The second-order valence-electron chi connectivity index (χ2n) is 5.64. The fourth-order valence-electron chi connectivity index (χ4n) is 2.19. The van der Waals surface area contributed by atoms with E-state index in [-0.39, 0.29) is 5.69 Å². The molecular weight excluding hydrogens is 298 g/mol. The topological polar surface area (TPSA) is 70.8 Å². The molecule has 6 nitrogen and oxygen atoms in total. The van der Waals surface area contributed by atoms with Crippen LogP contribution >= 0.6 is 0 Å². The summed E-state index contributed by atoms with van der Waals surface area (Å²) in [5.74, 6) is -0.489. The van der Waals surface area contributed by atoms with Crippen LogP contribution < -0.4 is 0 Å². The van der Waals surface area contributed by atoms with E-state index in [2.05, 4.69) is 0 Å². The van der Waals surface area contributed by atoms with E-state index in [4.69, 9.17) is 14.2 Å². The number of nitro groups is 1. The van der Waals surface area contributed by atoms with E-state index >= 15 is 0 Å². The lowest BCUT2D eigenvalue weighted by Gasteiger charge is -2.26. The van der Waals surface area contributed by atoms with E-state index < -0.39 is 10.7 Å². The molecule has 0 saturated heterocycles. The first kappa shape index (κ1) is 19.5. The lowest BCUT2D eigenvalue weighted by atomic mass is 10.1. The third kappa shape index (κ3) is 7.54. The van der Waals surface area contributed by atoms with Crippen LogP contribution in [0, 0.1) is 10.1 Å². The van der Waals surface area contributed by atoms with Gasteiger partial charge in [0, 0.05) is 39.4 Å². The Bertz CT molecular complexity index is 457. The van der Waals surface area contributed by atoms with Crippen LogP contribution in [-0.4, -0.2) is 38.1 Å². The maximum atomic E-state index is 10.6.